The van der Waals surface area contributed by atoms with Crippen LogP contribution >= 0.6 is 11.8 Å². The fraction of sp³-hybridized carbons (Fsp3) is 0.469. The van der Waals surface area contributed by atoms with Gasteiger partial charge in [-0.25, -0.2) is 4.79 Å². The number of ether oxygens (including phenoxy) is 1. The predicted molar refractivity (Wildman–Crippen MR) is 164 cm³/mol. The van der Waals surface area contributed by atoms with Crippen molar-refractivity contribution in [1.82, 2.24) is 10.2 Å². The van der Waals surface area contributed by atoms with Gasteiger partial charge in [-0.3, -0.25) is 9.59 Å². The van der Waals surface area contributed by atoms with Crippen LogP contribution in [0.5, 0.6) is 0 Å². The molecule has 2 N–H and O–H groups in total. The molecule has 4 unspecified atom stereocenters. The van der Waals surface area contributed by atoms with Crippen LogP contribution in [0.4, 0.5) is 10.5 Å². The summed E-state index contributed by atoms with van der Waals surface area (Å²) < 4.78 is 5.49. The van der Waals surface area contributed by atoms with E-state index in [9.17, 15) is 14.4 Å². The number of hydrogen-bond acceptors (Lipinski definition) is 5. The average Bonchev–Trinajstić information content (AvgIpc) is 3.61. The Morgan fingerprint density at radius 2 is 1.77 bits per heavy atom. The fourth-order valence-electron chi connectivity index (χ4n) is 4.79. The minimum absolute atomic E-state index is 0.133. The maximum Gasteiger partial charge on any atom is 0.408 e. The second-order valence-electron chi connectivity index (χ2n) is 11.5. The van der Waals surface area contributed by atoms with E-state index in [2.05, 4.69) is 24.1 Å². The lowest BCUT2D eigenvalue weighted by atomic mass is 9.99. The molecule has 216 valence electrons. The molecule has 0 aromatic heterocycles. The Balaban J connectivity index is 2.07. The second-order valence-corrected chi connectivity index (χ2v) is 12.5. The molecular formula is C32H43N3O4S. The van der Waals surface area contributed by atoms with Crippen molar-refractivity contribution in [1.29, 1.82) is 0 Å². The Labute approximate surface area is 243 Å². The van der Waals surface area contributed by atoms with Crippen LogP contribution in [0.3, 0.4) is 0 Å². The van der Waals surface area contributed by atoms with Gasteiger partial charge in [-0.1, -0.05) is 56.0 Å². The third-order valence-electron chi connectivity index (χ3n) is 7.00. The monoisotopic (exact) mass is 565 g/mol. The highest BCUT2D eigenvalue weighted by molar-refractivity contribution is 7.98. The second kappa shape index (κ2) is 13.4. The fourth-order valence-corrected chi connectivity index (χ4v) is 5.26. The van der Waals surface area contributed by atoms with Crippen LogP contribution in [-0.2, 0) is 14.3 Å². The van der Waals surface area contributed by atoms with E-state index in [0.717, 1.165) is 28.8 Å². The standard InChI is InChI=1S/C32H43N3O4S/c1-9-23-14-11-15-24(19-23)28(29(36)34-27-20(2)12-10-13-21(27)3)35(26-18-22(26)4)30(37)25(16-17-40-8)33-31(38)39-32(5,6)7/h9-15,19,22,25-26,28H,1,16-18H2,2-8H3,(H,33,38)(H,34,36). The molecule has 1 saturated carbocycles. The zero-order valence-corrected chi connectivity index (χ0v) is 25.6. The summed E-state index contributed by atoms with van der Waals surface area (Å²) in [6.45, 7) is 15.2. The van der Waals surface area contributed by atoms with Crippen molar-refractivity contribution in [3.63, 3.8) is 0 Å². The molecule has 0 bridgehead atoms. The smallest absolute Gasteiger partial charge is 0.408 e. The van der Waals surface area contributed by atoms with Crippen molar-refractivity contribution in [2.24, 2.45) is 5.92 Å². The highest BCUT2D eigenvalue weighted by Gasteiger charge is 2.48. The number of benzene rings is 2. The Morgan fingerprint density at radius 1 is 1.15 bits per heavy atom. The molecule has 7 nitrogen and oxygen atoms in total. The number of alkyl carbamates (subject to hydrolysis) is 1. The van der Waals surface area contributed by atoms with Gasteiger partial charge in [-0.2, -0.15) is 11.8 Å². The van der Waals surface area contributed by atoms with Crippen LogP contribution in [0.1, 0.15) is 68.8 Å². The van der Waals surface area contributed by atoms with Gasteiger partial charge in [0.1, 0.15) is 17.7 Å². The zero-order valence-electron chi connectivity index (χ0n) is 24.7. The highest BCUT2D eigenvalue weighted by Crippen LogP contribution is 2.41. The van der Waals surface area contributed by atoms with Gasteiger partial charge in [0, 0.05) is 11.7 Å². The average molecular weight is 566 g/mol. The molecule has 4 atom stereocenters. The highest BCUT2D eigenvalue weighted by atomic mass is 32.2. The maximum atomic E-state index is 14.4. The Morgan fingerprint density at radius 3 is 2.33 bits per heavy atom. The number of hydrogen-bond donors (Lipinski definition) is 2. The van der Waals surface area contributed by atoms with E-state index in [4.69, 9.17) is 4.74 Å². The van der Waals surface area contributed by atoms with Crippen LogP contribution in [0.25, 0.3) is 6.08 Å². The van der Waals surface area contributed by atoms with E-state index >= 15 is 0 Å². The van der Waals surface area contributed by atoms with E-state index in [1.807, 2.05) is 62.6 Å². The summed E-state index contributed by atoms with van der Waals surface area (Å²) in [5.74, 6) is 0.294. The Hall–Kier alpha value is -3.26. The summed E-state index contributed by atoms with van der Waals surface area (Å²) in [4.78, 5) is 43.1. The summed E-state index contributed by atoms with van der Waals surface area (Å²) in [5, 5.41) is 5.93. The number of nitrogens with zero attached hydrogens (tertiary/aromatic N) is 1. The maximum absolute atomic E-state index is 14.4. The van der Waals surface area contributed by atoms with Crippen molar-refractivity contribution >= 4 is 41.4 Å². The minimum atomic E-state index is -0.904. The van der Waals surface area contributed by atoms with Crippen LogP contribution < -0.4 is 10.6 Å². The van der Waals surface area contributed by atoms with Crippen molar-refractivity contribution in [2.45, 2.75) is 78.1 Å². The molecule has 2 aromatic carbocycles. The molecule has 0 spiro atoms. The van der Waals surface area contributed by atoms with Crippen molar-refractivity contribution < 1.29 is 19.1 Å². The normalized spacial score (nSPS) is 17.8. The molecular weight excluding hydrogens is 522 g/mol. The molecule has 3 rings (SSSR count). The SMILES string of the molecule is C=Cc1cccc(C(C(=O)Nc2c(C)cccc2C)N(C(=O)C(CCSC)NC(=O)OC(C)(C)C)C2CC2C)c1. The number of carbonyl (C=O) groups excluding carboxylic acids is 3. The van der Waals surface area contributed by atoms with E-state index in [0.29, 0.717) is 17.7 Å². The molecule has 3 amide bonds. The van der Waals surface area contributed by atoms with Gasteiger partial charge in [0.25, 0.3) is 5.91 Å². The van der Waals surface area contributed by atoms with E-state index in [1.54, 1.807) is 43.5 Å². The first-order chi connectivity index (χ1) is 18.9. The quantitative estimate of drug-likeness (QED) is 0.324. The molecule has 1 aliphatic rings. The largest absolute Gasteiger partial charge is 0.444 e. The number of amides is 3. The molecule has 1 fully saturated rings. The number of carbonyl (C=O) groups is 3. The summed E-state index contributed by atoms with van der Waals surface area (Å²) in [5.41, 5.74) is 3.45. The Kier molecular flexibility index (Phi) is 10.5. The van der Waals surface area contributed by atoms with Gasteiger partial charge in [-0.15, -0.1) is 0 Å². The van der Waals surface area contributed by atoms with Gasteiger partial charge in [0.05, 0.1) is 0 Å². The van der Waals surface area contributed by atoms with E-state index in [-0.39, 0.29) is 23.8 Å². The lowest BCUT2D eigenvalue weighted by Gasteiger charge is -2.35. The molecule has 0 radical (unpaired) electrons. The first kappa shape index (κ1) is 31.3. The molecule has 0 saturated heterocycles. The van der Waals surface area contributed by atoms with E-state index in [1.165, 1.54) is 0 Å². The minimum Gasteiger partial charge on any atom is -0.444 e. The molecule has 1 aliphatic carbocycles. The summed E-state index contributed by atoms with van der Waals surface area (Å²) in [6, 6.07) is 11.5. The molecule has 8 heteroatoms. The summed E-state index contributed by atoms with van der Waals surface area (Å²) >= 11 is 1.59. The number of rotatable bonds is 11. The number of para-hydroxylation sites is 1. The number of anilines is 1. The summed E-state index contributed by atoms with van der Waals surface area (Å²) in [7, 11) is 0. The van der Waals surface area contributed by atoms with Crippen LogP contribution in [0.15, 0.2) is 49.0 Å². The lowest BCUT2D eigenvalue weighted by Crippen LogP contribution is -2.53. The topological polar surface area (TPSA) is 87.7 Å². The predicted octanol–water partition coefficient (Wildman–Crippen LogP) is 6.51. The lowest BCUT2D eigenvalue weighted by molar-refractivity contribution is -0.141. The third-order valence-corrected chi connectivity index (χ3v) is 7.64. The molecule has 0 aliphatic heterocycles. The molecule has 0 heterocycles. The Bertz CT molecular complexity index is 1220. The first-order valence-electron chi connectivity index (χ1n) is 13.8. The third kappa shape index (κ3) is 8.13. The van der Waals surface area contributed by atoms with Gasteiger partial charge >= 0.3 is 6.09 Å². The molecule has 40 heavy (non-hydrogen) atoms. The van der Waals surface area contributed by atoms with Gasteiger partial charge in [-0.05, 0) is 93.7 Å². The van der Waals surface area contributed by atoms with Crippen molar-refractivity contribution in [3.05, 3.63) is 71.3 Å². The van der Waals surface area contributed by atoms with Gasteiger partial charge in [0.15, 0.2) is 0 Å². The number of aryl methyl sites for hydroxylation is 2. The van der Waals surface area contributed by atoms with Gasteiger partial charge in [0.2, 0.25) is 5.91 Å². The van der Waals surface area contributed by atoms with E-state index < -0.39 is 23.8 Å². The van der Waals surface area contributed by atoms with Gasteiger partial charge < -0.3 is 20.3 Å². The van der Waals surface area contributed by atoms with Crippen LogP contribution in [-0.4, -0.2) is 52.5 Å². The number of nitrogens with one attached hydrogen (secondary N) is 2. The van der Waals surface area contributed by atoms with Crippen LogP contribution in [0, 0.1) is 19.8 Å². The summed E-state index contributed by atoms with van der Waals surface area (Å²) in [6.07, 6.45) is 4.22. The molecule has 2 aromatic rings. The zero-order chi connectivity index (χ0) is 29.6. The number of thioether (sulfide) groups is 1. The van der Waals surface area contributed by atoms with Crippen LogP contribution in [0.2, 0.25) is 0 Å². The first-order valence-corrected chi connectivity index (χ1v) is 15.2. The van der Waals surface area contributed by atoms with Crippen molar-refractivity contribution in [3.8, 4) is 0 Å². The van der Waals surface area contributed by atoms with Crippen molar-refractivity contribution in [2.75, 3.05) is 17.3 Å².